The molecule has 0 saturated heterocycles. The molecule has 2 aromatic rings. The van der Waals surface area contributed by atoms with Gasteiger partial charge in [-0.2, -0.15) is 0 Å². The van der Waals surface area contributed by atoms with Gasteiger partial charge in [-0.25, -0.2) is 4.39 Å². The zero-order valence-electron chi connectivity index (χ0n) is 10.9. The number of thioether (sulfide) groups is 1. The number of nitrogens with one attached hydrogen (secondary N) is 1. The molecule has 4 nitrogen and oxygen atoms in total. The third-order valence-electron chi connectivity index (χ3n) is 2.65. The first-order valence-electron chi connectivity index (χ1n) is 6.08. The number of anilines is 1. The molecule has 0 spiro atoms. The molecule has 20 heavy (non-hydrogen) atoms. The Kier molecular flexibility index (Phi) is 4.68. The van der Waals surface area contributed by atoms with Gasteiger partial charge in [-0.3, -0.25) is 4.79 Å². The third-order valence-corrected chi connectivity index (χ3v) is 3.80. The highest BCUT2D eigenvalue weighted by molar-refractivity contribution is 8.00. The van der Waals surface area contributed by atoms with E-state index in [1.54, 1.807) is 37.5 Å². The van der Waals surface area contributed by atoms with Crippen LogP contribution in [-0.2, 0) is 11.3 Å². The fourth-order valence-electron chi connectivity index (χ4n) is 1.59. The van der Waals surface area contributed by atoms with Gasteiger partial charge in [0.05, 0.1) is 18.1 Å². The number of halogens is 1. The number of furan rings is 1. The van der Waals surface area contributed by atoms with Crippen LogP contribution in [0, 0.1) is 5.82 Å². The summed E-state index contributed by atoms with van der Waals surface area (Å²) in [7, 11) is 0. The maximum absolute atomic E-state index is 13.6. The first-order chi connectivity index (χ1) is 9.56. The number of carbonyl (C=O) groups excluding carboxylic acids is 1. The molecule has 3 N–H and O–H groups in total. The minimum absolute atomic E-state index is 0.178. The number of carbonyl (C=O) groups is 1. The molecule has 0 radical (unpaired) electrons. The van der Waals surface area contributed by atoms with Crippen molar-refractivity contribution in [2.24, 2.45) is 0 Å². The Morgan fingerprint density at radius 3 is 2.95 bits per heavy atom. The quantitative estimate of drug-likeness (QED) is 0.657. The summed E-state index contributed by atoms with van der Waals surface area (Å²) < 4.78 is 18.8. The summed E-state index contributed by atoms with van der Waals surface area (Å²) in [5.74, 6) is 0.0810. The van der Waals surface area contributed by atoms with Gasteiger partial charge in [-0.1, -0.05) is 0 Å². The zero-order valence-corrected chi connectivity index (χ0v) is 11.7. The molecule has 106 valence electrons. The predicted molar refractivity (Wildman–Crippen MR) is 76.7 cm³/mol. The average Bonchev–Trinajstić information content (AvgIpc) is 2.92. The van der Waals surface area contributed by atoms with Crippen molar-refractivity contribution in [1.29, 1.82) is 0 Å². The average molecular weight is 294 g/mol. The highest BCUT2D eigenvalue weighted by atomic mass is 32.2. The van der Waals surface area contributed by atoms with Crippen molar-refractivity contribution in [2.75, 3.05) is 5.73 Å². The van der Waals surface area contributed by atoms with E-state index in [1.165, 1.54) is 6.07 Å². The number of hydrogen-bond donors (Lipinski definition) is 2. The Hall–Kier alpha value is -1.95. The van der Waals surface area contributed by atoms with E-state index in [9.17, 15) is 9.18 Å². The third kappa shape index (κ3) is 3.77. The zero-order chi connectivity index (χ0) is 14.5. The Labute approximate surface area is 120 Å². The largest absolute Gasteiger partial charge is 0.467 e. The van der Waals surface area contributed by atoms with Crippen molar-refractivity contribution in [3.05, 3.63) is 48.2 Å². The molecule has 0 saturated carbocycles. The second kappa shape index (κ2) is 6.47. The minimum Gasteiger partial charge on any atom is -0.467 e. The highest BCUT2D eigenvalue weighted by Crippen LogP contribution is 2.27. The van der Waals surface area contributed by atoms with Crippen LogP contribution in [-0.4, -0.2) is 11.2 Å². The van der Waals surface area contributed by atoms with Crippen LogP contribution in [0.25, 0.3) is 0 Å². The molecule has 1 unspecified atom stereocenters. The first-order valence-corrected chi connectivity index (χ1v) is 6.96. The molecule has 1 aromatic carbocycles. The number of amides is 1. The minimum atomic E-state index is -0.416. The van der Waals surface area contributed by atoms with Crippen molar-refractivity contribution in [3.8, 4) is 0 Å². The van der Waals surface area contributed by atoms with Crippen LogP contribution >= 0.6 is 11.8 Å². The molecule has 2 rings (SSSR count). The van der Waals surface area contributed by atoms with E-state index < -0.39 is 11.1 Å². The van der Waals surface area contributed by atoms with E-state index in [4.69, 9.17) is 10.2 Å². The van der Waals surface area contributed by atoms with Crippen molar-refractivity contribution >= 4 is 23.4 Å². The van der Waals surface area contributed by atoms with Gasteiger partial charge in [0.1, 0.15) is 11.6 Å². The molecule has 0 aliphatic rings. The molecular formula is C14H15FN2O2S. The lowest BCUT2D eigenvalue weighted by atomic mass is 10.3. The van der Waals surface area contributed by atoms with Crippen LogP contribution in [0.15, 0.2) is 45.9 Å². The molecule has 1 heterocycles. The van der Waals surface area contributed by atoms with Gasteiger partial charge in [0.2, 0.25) is 5.91 Å². The second-order valence-corrected chi connectivity index (χ2v) is 5.63. The topological polar surface area (TPSA) is 68.3 Å². The van der Waals surface area contributed by atoms with E-state index in [0.717, 1.165) is 11.8 Å². The lowest BCUT2D eigenvalue weighted by Crippen LogP contribution is -2.30. The normalized spacial score (nSPS) is 12.1. The summed E-state index contributed by atoms with van der Waals surface area (Å²) >= 11 is 1.15. The molecule has 1 amide bonds. The number of rotatable bonds is 5. The lowest BCUT2D eigenvalue weighted by molar-refractivity contribution is -0.120. The van der Waals surface area contributed by atoms with Crippen LogP contribution in [0.3, 0.4) is 0 Å². The molecule has 1 atom stereocenters. The lowest BCUT2D eigenvalue weighted by Gasteiger charge is -2.12. The predicted octanol–water partition coefficient (Wildman–Crippen LogP) is 2.80. The van der Waals surface area contributed by atoms with E-state index in [0.29, 0.717) is 22.9 Å². The molecule has 6 heteroatoms. The fraction of sp³-hybridized carbons (Fsp3) is 0.214. The van der Waals surface area contributed by atoms with Crippen molar-refractivity contribution in [2.45, 2.75) is 23.6 Å². The van der Waals surface area contributed by atoms with E-state index in [1.807, 2.05) is 0 Å². The fourth-order valence-corrected chi connectivity index (χ4v) is 2.48. The van der Waals surface area contributed by atoms with Crippen molar-refractivity contribution < 1.29 is 13.6 Å². The molecule has 0 aliphatic heterocycles. The molecular weight excluding hydrogens is 279 g/mol. The van der Waals surface area contributed by atoms with E-state index in [-0.39, 0.29) is 5.91 Å². The molecule has 0 fully saturated rings. The van der Waals surface area contributed by atoms with E-state index in [2.05, 4.69) is 5.32 Å². The van der Waals surface area contributed by atoms with Crippen molar-refractivity contribution in [3.63, 3.8) is 0 Å². The molecule has 1 aromatic heterocycles. The summed E-state index contributed by atoms with van der Waals surface area (Å²) in [6.45, 7) is 2.04. The maximum atomic E-state index is 13.6. The number of hydrogen-bond acceptors (Lipinski definition) is 4. The van der Waals surface area contributed by atoms with Crippen LogP contribution in [0.5, 0.6) is 0 Å². The van der Waals surface area contributed by atoms with Gasteiger partial charge >= 0.3 is 0 Å². The summed E-state index contributed by atoms with van der Waals surface area (Å²) in [6.07, 6.45) is 1.55. The summed E-state index contributed by atoms with van der Waals surface area (Å²) in [6, 6.07) is 7.96. The Bertz CT molecular complexity index is 587. The van der Waals surface area contributed by atoms with Crippen LogP contribution in [0.4, 0.5) is 10.1 Å². The summed E-state index contributed by atoms with van der Waals surface area (Å²) in [5, 5.41) is 2.32. The summed E-state index contributed by atoms with van der Waals surface area (Å²) in [4.78, 5) is 12.3. The van der Waals surface area contributed by atoms with E-state index >= 15 is 0 Å². The standard InChI is InChI=1S/C14H15FN2O2S/c1-9(14(18)17-8-11-3-2-6-19-11)20-13-5-4-10(16)7-12(13)15/h2-7,9H,8,16H2,1H3,(H,17,18). The SMILES string of the molecule is CC(Sc1ccc(N)cc1F)C(=O)NCc1ccco1. The first kappa shape index (κ1) is 14.5. The number of nitrogens with two attached hydrogens (primary N) is 1. The molecule has 0 aliphatic carbocycles. The highest BCUT2D eigenvalue weighted by Gasteiger charge is 2.16. The monoisotopic (exact) mass is 294 g/mol. The van der Waals surface area contributed by atoms with Crippen LogP contribution in [0.1, 0.15) is 12.7 Å². The van der Waals surface area contributed by atoms with Gasteiger partial charge in [0.15, 0.2) is 0 Å². The number of benzene rings is 1. The Morgan fingerprint density at radius 1 is 1.50 bits per heavy atom. The van der Waals surface area contributed by atoms with Crippen molar-refractivity contribution in [1.82, 2.24) is 5.32 Å². The van der Waals surface area contributed by atoms with Gasteiger partial charge < -0.3 is 15.5 Å². The molecule has 0 bridgehead atoms. The Morgan fingerprint density at radius 2 is 2.30 bits per heavy atom. The summed E-state index contributed by atoms with van der Waals surface area (Å²) in [5.41, 5.74) is 5.84. The van der Waals surface area contributed by atoms with Gasteiger partial charge in [-0.15, -0.1) is 11.8 Å². The van der Waals surface area contributed by atoms with Gasteiger partial charge in [0.25, 0.3) is 0 Å². The van der Waals surface area contributed by atoms with Gasteiger partial charge in [0, 0.05) is 10.6 Å². The van der Waals surface area contributed by atoms with Crippen LogP contribution < -0.4 is 11.1 Å². The Balaban J connectivity index is 1.90. The second-order valence-electron chi connectivity index (χ2n) is 4.25. The smallest absolute Gasteiger partial charge is 0.233 e. The maximum Gasteiger partial charge on any atom is 0.233 e. The van der Waals surface area contributed by atoms with Crippen LogP contribution in [0.2, 0.25) is 0 Å². The number of nitrogen functional groups attached to an aromatic ring is 1. The van der Waals surface area contributed by atoms with Gasteiger partial charge in [-0.05, 0) is 37.3 Å².